The molecule has 0 radical (unpaired) electrons. The van der Waals surface area contributed by atoms with Crippen LogP contribution >= 0.6 is 69.3 Å². The van der Waals surface area contributed by atoms with E-state index >= 15 is 0 Å². The van der Waals surface area contributed by atoms with Crippen LogP contribution in [-0.4, -0.2) is 13.4 Å². The number of hydrogen-bond donors (Lipinski definition) is 1. The topological polar surface area (TPSA) is 59.1 Å². The van der Waals surface area contributed by atoms with E-state index in [-0.39, 0.29) is 15.6 Å². The van der Waals surface area contributed by atoms with Gasteiger partial charge in [0.05, 0.1) is 31.0 Å². The summed E-state index contributed by atoms with van der Waals surface area (Å²) in [5.74, 6) is 0. The van der Waals surface area contributed by atoms with Gasteiger partial charge >= 0.3 is 0 Å². The zero-order valence-corrected chi connectivity index (χ0v) is 20.7. The number of anilines is 1. The highest BCUT2D eigenvalue weighted by Gasteiger charge is 2.20. The van der Waals surface area contributed by atoms with Crippen molar-refractivity contribution in [3.05, 3.63) is 84.2 Å². The van der Waals surface area contributed by atoms with E-state index in [0.717, 1.165) is 15.2 Å². The number of fused-ring (bicyclic) bond motifs is 1. The maximum absolute atomic E-state index is 12.7. The van der Waals surface area contributed by atoms with Gasteiger partial charge in [-0.15, -0.1) is 11.3 Å². The van der Waals surface area contributed by atoms with E-state index in [4.69, 9.17) is 58.0 Å². The summed E-state index contributed by atoms with van der Waals surface area (Å²) < 4.78 is 28.8. The van der Waals surface area contributed by atoms with Crippen LogP contribution in [0.3, 0.4) is 0 Å². The number of thiazole rings is 1. The molecule has 0 saturated carbocycles. The molecule has 1 N–H and O–H groups in total. The first-order chi connectivity index (χ1) is 14.6. The van der Waals surface area contributed by atoms with Gasteiger partial charge in [0, 0.05) is 21.5 Å². The van der Waals surface area contributed by atoms with Crippen LogP contribution in [0, 0.1) is 0 Å². The first-order valence-electron chi connectivity index (χ1n) is 8.64. The van der Waals surface area contributed by atoms with Crippen LogP contribution in [0.15, 0.2) is 53.4 Å². The van der Waals surface area contributed by atoms with Gasteiger partial charge < -0.3 is 0 Å². The summed E-state index contributed by atoms with van der Waals surface area (Å²) in [5.41, 5.74) is 1.63. The normalized spacial score (nSPS) is 11.8. The molecule has 3 aromatic carbocycles. The van der Waals surface area contributed by atoms with Crippen LogP contribution in [-0.2, 0) is 16.4 Å². The van der Waals surface area contributed by atoms with Gasteiger partial charge in [-0.05, 0) is 48.0 Å². The van der Waals surface area contributed by atoms with Crippen molar-refractivity contribution in [1.82, 2.24) is 4.98 Å². The van der Waals surface area contributed by atoms with Gasteiger partial charge in [0.1, 0.15) is 4.90 Å². The van der Waals surface area contributed by atoms with Crippen molar-refractivity contribution in [3.8, 4) is 0 Å². The Balaban J connectivity index is 1.63. The average Bonchev–Trinajstić information content (AvgIpc) is 3.08. The predicted octanol–water partition coefficient (Wildman–Crippen LogP) is 7.95. The van der Waals surface area contributed by atoms with E-state index in [9.17, 15) is 8.42 Å². The Labute approximate surface area is 207 Å². The second-order valence-electron chi connectivity index (χ2n) is 6.47. The second-order valence-corrected chi connectivity index (χ2v) is 11.3. The average molecular weight is 553 g/mol. The molecule has 4 rings (SSSR count). The molecule has 4 aromatic rings. The smallest absolute Gasteiger partial charge is 0.263 e. The third-order valence-electron chi connectivity index (χ3n) is 4.32. The molecule has 0 unspecified atom stereocenters. The van der Waals surface area contributed by atoms with Gasteiger partial charge in [-0.2, -0.15) is 0 Å². The van der Waals surface area contributed by atoms with Crippen LogP contribution in [0.25, 0.3) is 10.2 Å². The van der Waals surface area contributed by atoms with Crippen molar-refractivity contribution < 1.29 is 8.42 Å². The number of nitrogens with zero attached hydrogens (tertiary/aromatic N) is 1. The van der Waals surface area contributed by atoms with Crippen molar-refractivity contribution in [2.24, 2.45) is 0 Å². The molecule has 160 valence electrons. The van der Waals surface area contributed by atoms with Crippen LogP contribution in [0.1, 0.15) is 10.6 Å². The largest absolute Gasteiger partial charge is 0.279 e. The molecule has 1 aromatic heterocycles. The molecule has 0 spiro atoms. The Morgan fingerprint density at radius 3 is 2.23 bits per heavy atom. The van der Waals surface area contributed by atoms with Crippen LogP contribution < -0.4 is 4.72 Å². The summed E-state index contributed by atoms with van der Waals surface area (Å²) in [6.45, 7) is 0. The molecular weight excluding hydrogens is 542 g/mol. The SMILES string of the molecule is O=S(=O)(Nc1cc(Cl)c(Cc2nc3cccc(Cl)c3s2)c(Cl)c1)c1ccc(Cl)cc1Cl. The molecule has 0 aliphatic carbocycles. The standard InChI is InChI=1S/C20H11Cl5N2O2S2/c21-10-4-5-18(16(25)6-10)31(28,29)27-11-7-14(23)12(15(24)8-11)9-19-26-17-3-1-2-13(22)20(17)30-19/h1-8,27H,9H2. The van der Waals surface area contributed by atoms with Crippen LogP contribution in [0.5, 0.6) is 0 Å². The van der Waals surface area contributed by atoms with Gasteiger partial charge in [-0.3, -0.25) is 4.72 Å². The highest BCUT2D eigenvalue weighted by atomic mass is 35.5. The van der Waals surface area contributed by atoms with Crippen LogP contribution in [0.2, 0.25) is 25.1 Å². The molecule has 0 aliphatic rings. The Morgan fingerprint density at radius 1 is 0.871 bits per heavy atom. The molecule has 0 fully saturated rings. The lowest BCUT2D eigenvalue weighted by atomic mass is 10.1. The lowest BCUT2D eigenvalue weighted by Crippen LogP contribution is -2.13. The summed E-state index contributed by atoms with van der Waals surface area (Å²) >= 11 is 32.4. The number of halogens is 5. The molecule has 0 amide bonds. The second kappa shape index (κ2) is 8.94. The zero-order chi connectivity index (χ0) is 22.3. The fourth-order valence-corrected chi connectivity index (χ4v) is 6.62. The Bertz CT molecular complexity index is 1400. The van der Waals surface area contributed by atoms with Gasteiger partial charge in [-0.25, -0.2) is 13.4 Å². The van der Waals surface area contributed by atoms with Crippen molar-refractivity contribution in [2.75, 3.05) is 4.72 Å². The third-order valence-corrected chi connectivity index (χ3v) is 8.62. The Kier molecular flexibility index (Phi) is 6.62. The monoisotopic (exact) mass is 550 g/mol. The van der Waals surface area contributed by atoms with E-state index < -0.39 is 10.0 Å². The maximum atomic E-state index is 12.7. The minimum atomic E-state index is -3.97. The first kappa shape index (κ1) is 22.9. The summed E-state index contributed by atoms with van der Waals surface area (Å²) in [4.78, 5) is 4.46. The molecule has 0 aliphatic heterocycles. The molecule has 31 heavy (non-hydrogen) atoms. The predicted molar refractivity (Wildman–Crippen MR) is 131 cm³/mol. The minimum Gasteiger partial charge on any atom is -0.279 e. The van der Waals surface area contributed by atoms with Gasteiger partial charge in [0.25, 0.3) is 10.0 Å². The zero-order valence-electron chi connectivity index (χ0n) is 15.3. The number of sulfonamides is 1. The number of hydrogen-bond acceptors (Lipinski definition) is 4. The van der Waals surface area contributed by atoms with Gasteiger partial charge in [0.2, 0.25) is 0 Å². The highest BCUT2D eigenvalue weighted by molar-refractivity contribution is 7.92. The molecular formula is C20H11Cl5N2O2S2. The van der Waals surface area contributed by atoms with Crippen molar-refractivity contribution >= 4 is 95.3 Å². The fraction of sp³-hybridized carbons (Fsp3) is 0.0500. The van der Waals surface area contributed by atoms with Crippen LogP contribution in [0.4, 0.5) is 5.69 Å². The molecule has 11 heteroatoms. The van der Waals surface area contributed by atoms with Crippen molar-refractivity contribution in [3.63, 3.8) is 0 Å². The Hall–Kier alpha value is -1.25. The fourth-order valence-electron chi connectivity index (χ4n) is 2.92. The van der Waals surface area contributed by atoms with Crippen molar-refractivity contribution in [1.29, 1.82) is 0 Å². The number of nitrogens with one attached hydrogen (secondary N) is 1. The summed E-state index contributed by atoms with van der Waals surface area (Å²) in [6.07, 6.45) is 0.378. The number of rotatable bonds is 5. The summed E-state index contributed by atoms with van der Waals surface area (Å²) in [5, 5.41) is 2.35. The quantitative estimate of drug-likeness (QED) is 0.273. The van der Waals surface area contributed by atoms with E-state index in [1.807, 2.05) is 12.1 Å². The van der Waals surface area contributed by atoms with Gasteiger partial charge in [-0.1, -0.05) is 64.1 Å². The first-order valence-corrected chi connectivity index (χ1v) is 12.8. The third kappa shape index (κ3) is 4.91. The lowest BCUT2D eigenvalue weighted by molar-refractivity contribution is 0.601. The van der Waals surface area contributed by atoms with Crippen molar-refractivity contribution in [2.45, 2.75) is 11.3 Å². The number of aromatic nitrogens is 1. The molecule has 0 atom stereocenters. The Morgan fingerprint density at radius 2 is 1.58 bits per heavy atom. The van der Waals surface area contributed by atoms with E-state index in [0.29, 0.717) is 32.1 Å². The molecule has 4 nitrogen and oxygen atoms in total. The summed E-state index contributed by atoms with van der Waals surface area (Å²) in [7, 11) is -3.97. The van der Waals surface area contributed by atoms with E-state index in [1.165, 1.54) is 41.7 Å². The molecule has 1 heterocycles. The minimum absolute atomic E-state index is 0.00307. The lowest BCUT2D eigenvalue weighted by Gasteiger charge is -2.13. The molecule has 0 saturated heterocycles. The summed E-state index contributed by atoms with van der Waals surface area (Å²) in [6, 6.07) is 12.6. The van der Waals surface area contributed by atoms with E-state index in [1.54, 1.807) is 6.07 Å². The molecule has 0 bridgehead atoms. The van der Waals surface area contributed by atoms with Gasteiger partial charge in [0.15, 0.2) is 0 Å². The van der Waals surface area contributed by atoms with E-state index in [2.05, 4.69) is 9.71 Å². The number of benzene rings is 3. The highest BCUT2D eigenvalue weighted by Crippen LogP contribution is 2.36. The maximum Gasteiger partial charge on any atom is 0.263 e.